The third-order valence-electron chi connectivity index (χ3n) is 2.75. The molecule has 98 valence electrons. The van der Waals surface area contributed by atoms with E-state index in [1.165, 1.54) is 0 Å². The third-order valence-corrected chi connectivity index (χ3v) is 2.75. The van der Waals surface area contributed by atoms with Gasteiger partial charge in [0.25, 0.3) is 0 Å². The van der Waals surface area contributed by atoms with Gasteiger partial charge in [0, 0.05) is 6.54 Å². The zero-order chi connectivity index (χ0) is 13.6. The summed E-state index contributed by atoms with van der Waals surface area (Å²) in [6.07, 6.45) is 2.06. The van der Waals surface area contributed by atoms with Crippen molar-refractivity contribution in [2.45, 2.75) is 34.1 Å². The van der Waals surface area contributed by atoms with Gasteiger partial charge in [-0.3, -0.25) is 9.59 Å². The number of hydrogen-bond donors (Lipinski definition) is 2. The quantitative estimate of drug-likeness (QED) is 0.690. The zero-order valence-corrected chi connectivity index (χ0v) is 11.2. The summed E-state index contributed by atoms with van der Waals surface area (Å²) in [6, 6.07) is 0. The fourth-order valence-electron chi connectivity index (χ4n) is 2.06. The van der Waals surface area contributed by atoms with Crippen LogP contribution in [-0.4, -0.2) is 18.4 Å². The van der Waals surface area contributed by atoms with Crippen LogP contribution in [0.15, 0.2) is 12.7 Å². The monoisotopic (exact) mass is 240 g/mol. The van der Waals surface area contributed by atoms with Crippen molar-refractivity contribution in [3.8, 4) is 0 Å². The van der Waals surface area contributed by atoms with Crippen molar-refractivity contribution in [3.63, 3.8) is 0 Å². The van der Waals surface area contributed by atoms with Crippen LogP contribution in [0.1, 0.15) is 34.1 Å². The summed E-state index contributed by atoms with van der Waals surface area (Å²) in [5, 5.41) is 2.76. The molecule has 4 heteroatoms. The van der Waals surface area contributed by atoms with Crippen LogP contribution < -0.4 is 11.1 Å². The summed E-state index contributed by atoms with van der Waals surface area (Å²) in [7, 11) is 0. The van der Waals surface area contributed by atoms with Gasteiger partial charge >= 0.3 is 0 Å². The highest BCUT2D eigenvalue weighted by Crippen LogP contribution is 2.34. The Morgan fingerprint density at radius 2 is 1.94 bits per heavy atom. The van der Waals surface area contributed by atoms with Crippen LogP contribution in [-0.2, 0) is 9.59 Å². The predicted octanol–water partition coefficient (Wildman–Crippen LogP) is 1.46. The van der Waals surface area contributed by atoms with Gasteiger partial charge in [0.15, 0.2) is 0 Å². The Hall–Kier alpha value is -1.32. The lowest BCUT2D eigenvalue weighted by atomic mass is 9.71. The second kappa shape index (κ2) is 6.42. The molecule has 4 nitrogen and oxygen atoms in total. The van der Waals surface area contributed by atoms with E-state index in [0.29, 0.717) is 13.0 Å². The first-order valence-corrected chi connectivity index (χ1v) is 5.93. The Morgan fingerprint density at radius 3 is 2.24 bits per heavy atom. The molecule has 0 heterocycles. The summed E-state index contributed by atoms with van der Waals surface area (Å²) in [5.74, 6) is -1.50. The molecule has 0 saturated carbocycles. The maximum atomic E-state index is 12.1. The SMILES string of the molecule is C=CCC(C(N)=O)C(C(=O)NCC)C(C)(C)C. The first kappa shape index (κ1) is 15.7. The number of amides is 2. The summed E-state index contributed by atoms with van der Waals surface area (Å²) in [4.78, 5) is 23.5. The van der Waals surface area contributed by atoms with Crippen LogP contribution in [0, 0.1) is 17.3 Å². The van der Waals surface area contributed by atoms with Crippen LogP contribution in [0.4, 0.5) is 0 Å². The van der Waals surface area contributed by atoms with Gasteiger partial charge in [-0.2, -0.15) is 0 Å². The van der Waals surface area contributed by atoms with Crippen LogP contribution in [0.2, 0.25) is 0 Å². The standard InChI is InChI=1S/C13H24N2O2/c1-6-8-9(11(14)16)10(13(3,4)5)12(17)15-7-2/h6,9-10H,1,7-8H2,2-5H3,(H2,14,16)(H,15,17). The molecule has 0 aliphatic carbocycles. The van der Waals surface area contributed by atoms with E-state index >= 15 is 0 Å². The van der Waals surface area contributed by atoms with Crippen molar-refractivity contribution in [2.24, 2.45) is 23.0 Å². The Morgan fingerprint density at radius 1 is 1.41 bits per heavy atom. The number of hydrogen-bond acceptors (Lipinski definition) is 2. The minimum Gasteiger partial charge on any atom is -0.369 e. The van der Waals surface area contributed by atoms with E-state index in [1.807, 2.05) is 27.7 Å². The number of allylic oxidation sites excluding steroid dienone is 1. The maximum Gasteiger partial charge on any atom is 0.224 e. The van der Waals surface area contributed by atoms with Crippen molar-refractivity contribution in [1.29, 1.82) is 0 Å². The maximum absolute atomic E-state index is 12.1. The summed E-state index contributed by atoms with van der Waals surface area (Å²) >= 11 is 0. The lowest BCUT2D eigenvalue weighted by Gasteiger charge is -2.34. The van der Waals surface area contributed by atoms with Crippen molar-refractivity contribution < 1.29 is 9.59 Å². The van der Waals surface area contributed by atoms with Gasteiger partial charge in [0.1, 0.15) is 0 Å². The van der Waals surface area contributed by atoms with E-state index in [9.17, 15) is 9.59 Å². The summed E-state index contributed by atoms with van der Waals surface area (Å²) < 4.78 is 0. The highest BCUT2D eigenvalue weighted by atomic mass is 16.2. The Kier molecular flexibility index (Phi) is 5.93. The van der Waals surface area contributed by atoms with Crippen molar-refractivity contribution >= 4 is 11.8 Å². The first-order valence-electron chi connectivity index (χ1n) is 5.93. The molecular formula is C13H24N2O2. The summed E-state index contributed by atoms with van der Waals surface area (Å²) in [5.41, 5.74) is 5.07. The van der Waals surface area contributed by atoms with Gasteiger partial charge in [-0.25, -0.2) is 0 Å². The number of carbonyl (C=O) groups excluding carboxylic acids is 2. The van der Waals surface area contributed by atoms with Crippen LogP contribution in [0.5, 0.6) is 0 Å². The minimum atomic E-state index is -0.501. The van der Waals surface area contributed by atoms with Crippen LogP contribution in [0.25, 0.3) is 0 Å². The molecule has 0 rings (SSSR count). The minimum absolute atomic E-state index is 0.120. The predicted molar refractivity (Wildman–Crippen MR) is 69.1 cm³/mol. The van der Waals surface area contributed by atoms with Crippen molar-refractivity contribution in [1.82, 2.24) is 5.32 Å². The topological polar surface area (TPSA) is 72.2 Å². The molecule has 0 aromatic heterocycles. The second-order valence-electron chi connectivity index (χ2n) is 5.27. The number of nitrogens with one attached hydrogen (secondary N) is 1. The largest absolute Gasteiger partial charge is 0.369 e. The van der Waals surface area contributed by atoms with Gasteiger partial charge in [-0.1, -0.05) is 26.8 Å². The van der Waals surface area contributed by atoms with Gasteiger partial charge < -0.3 is 11.1 Å². The molecule has 0 aliphatic heterocycles. The average Bonchev–Trinajstić information content (AvgIpc) is 2.15. The van der Waals surface area contributed by atoms with Crippen molar-refractivity contribution in [2.75, 3.05) is 6.54 Å². The van der Waals surface area contributed by atoms with Crippen molar-refractivity contribution in [3.05, 3.63) is 12.7 Å². The molecule has 0 saturated heterocycles. The lowest BCUT2D eigenvalue weighted by molar-refractivity contribution is -0.137. The molecule has 0 spiro atoms. The van der Waals surface area contributed by atoms with Gasteiger partial charge in [0.05, 0.1) is 11.8 Å². The molecule has 0 fully saturated rings. The normalized spacial score (nSPS) is 14.8. The summed E-state index contributed by atoms with van der Waals surface area (Å²) in [6.45, 7) is 11.8. The zero-order valence-electron chi connectivity index (χ0n) is 11.2. The molecular weight excluding hydrogens is 216 g/mol. The molecule has 3 N–H and O–H groups in total. The fourth-order valence-corrected chi connectivity index (χ4v) is 2.06. The van der Waals surface area contributed by atoms with E-state index < -0.39 is 17.7 Å². The molecule has 2 amide bonds. The van der Waals surface area contributed by atoms with Gasteiger partial charge in [-0.05, 0) is 18.8 Å². The molecule has 0 bridgehead atoms. The van der Waals surface area contributed by atoms with Crippen LogP contribution >= 0.6 is 0 Å². The highest BCUT2D eigenvalue weighted by Gasteiger charge is 2.39. The molecule has 0 radical (unpaired) electrons. The van der Waals surface area contributed by atoms with E-state index in [1.54, 1.807) is 6.08 Å². The van der Waals surface area contributed by atoms with E-state index in [-0.39, 0.29) is 11.3 Å². The lowest BCUT2D eigenvalue weighted by Crippen LogP contribution is -2.46. The molecule has 17 heavy (non-hydrogen) atoms. The van der Waals surface area contributed by atoms with E-state index in [4.69, 9.17) is 5.73 Å². The first-order chi connectivity index (χ1) is 7.75. The number of nitrogens with two attached hydrogens (primary N) is 1. The molecule has 0 aliphatic rings. The van der Waals surface area contributed by atoms with E-state index in [2.05, 4.69) is 11.9 Å². The fraction of sp³-hybridized carbons (Fsp3) is 0.692. The Labute approximate surface area is 104 Å². The molecule has 0 aromatic carbocycles. The second-order valence-corrected chi connectivity index (χ2v) is 5.27. The Bertz CT molecular complexity index is 292. The molecule has 2 atom stereocenters. The number of rotatable bonds is 6. The molecule has 0 aromatic rings. The number of primary amides is 1. The molecule has 2 unspecified atom stereocenters. The third kappa shape index (κ3) is 4.59. The van der Waals surface area contributed by atoms with Crippen LogP contribution in [0.3, 0.4) is 0 Å². The number of carbonyl (C=O) groups is 2. The highest BCUT2D eigenvalue weighted by molar-refractivity contribution is 5.87. The van der Waals surface area contributed by atoms with E-state index in [0.717, 1.165) is 0 Å². The Balaban J connectivity index is 5.20. The van der Waals surface area contributed by atoms with Gasteiger partial charge in [0.2, 0.25) is 11.8 Å². The van der Waals surface area contributed by atoms with Gasteiger partial charge in [-0.15, -0.1) is 6.58 Å². The smallest absolute Gasteiger partial charge is 0.224 e. The average molecular weight is 240 g/mol.